The van der Waals surface area contributed by atoms with Crippen molar-refractivity contribution >= 4 is 11.8 Å². The van der Waals surface area contributed by atoms with E-state index in [1.54, 1.807) is 0 Å². The SMILES string of the molecule is Cc1ccc(C)c(C(C)NCC2CCCCS2)c1. The van der Waals surface area contributed by atoms with Gasteiger partial charge >= 0.3 is 0 Å². The lowest BCUT2D eigenvalue weighted by atomic mass is 10.00. The molecule has 2 heteroatoms. The average molecular weight is 263 g/mol. The topological polar surface area (TPSA) is 12.0 Å². The molecule has 1 N–H and O–H groups in total. The van der Waals surface area contributed by atoms with Gasteiger partial charge in [-0.05, 0) is 50.5 Å². The molecule has 0 bridgehead atoms. The molecule has 0 radical (unpaired) electrons. The molecule has 1 aromatic rings. The van der Waals surface area contributed by atoms with Crippen LogP contribution in [0.1, 0.15) is 48.9 Å². The summed E-state index contributed by atoms with van der Waals surface area (Å²) in [5.74, 6) is 1.35. The Morgan fingerprint density at radius 3 is 2.89 bits per heavy atom. The molecule has 1 heterocycles. The Morgan fingerprint density at radius 1 is 1.33 bits per heavy atom. The molecule has 0 saturated carbocycles. The van der Waals surface area contributed by atoms with Crippen molar-refractivity contribution in [1.82, 2.24) is 5.32 Å². The Kier molecular flexibility index (Phi) is 5.13. The van der Waals surface area contributed by atoms with Crippen LogP contribution in [0.2, 0.25) is 0 Å². The van der Waals surface area contributed by atoms with Crippen LogP contribution in [0.5, 0.6) is 0 Å². The summed E-state index contributed by atoms with van der Waals surface area (Å²) in [7, 11) is 0. The van der Waals surface area contributed by atoms with E-state index in [0.717, 1.165) is 11.8 Å². The molecule has 0 aromatic heterocycles. The minimum absolute atomic E-state index is 0.465. The Labute approximate surface area is 116 Å². The fourth-order valence-corrected chi connectivity index (χ4v) is 3.86. The van der Waals surface area contributed by atoms with Gasteiger partial charge in [-0.15, -0.1) is 0 Å². The van der Waals surface area contributed by atoms with Crippen molar-refractivity contribution in [3.8, 4) is 0 Å². The fraction of sp³-hybridized carbons (Fsp3) is 0.625. The molecule has 0 spiro atoms. The Hall–Kier alpha value is -0.470. The van der Waals surface area contributed by atoms with Crippen LogP contribution in [0.3, 0.4) is 0 Å². The second-order valence-corrected chi connectivity index (χ2v) is 6.89. The Morgan fingerprint density at radius 2 is 2.17 bits per heavy atom. The molecule has 2 atom stereocenters. The Balaban J connectivity index is 1.90. The van der Waals surface area contributed by atoms with Crippen LogP contribution in [0, 0.1) is 13.8 Å². The lowest BCUT2D eigenvalue weighted by Crippen LogP contribution is -2.29. The van der Waals surface area contributed by atoms with Crippen molar-refractivity contribution in [3.63, 3.8) is 0 Å². The number of nitrogens with one attached hydrogen (secondary N) is 1. The van der Waals surface area contributed by atoms with E-state index in [0.29, 0.717) is 6.04 Å². The van der Waals surface area contributed by atoms with Gasteiger partial charge in [0, 0.05) is 17.8 Å². The van der Waals surface area contributed by atoms with Crippen LogP contribution in [-0.4, -0.2) is 17.5 Å². The number of thioether (sulfide) groups is 1. The van der Waals surface area contributed by atoms with E-state index >= 15 is 0 Å². The first kappa shape index (κ1) is 14.0. The smallest absolute Gasteiger partial charge is 0.0294 e. The molecule has 1 aromatic carbocycles. The van der Waals surface area contributed by atoms with Gasteiger partial charge in [0.05, 0.1) is 0 Å². The third-order valence-corrected chi connectivity index (χ3v) is 5.23. The van der Waals surface area contributed by atoms with Crippen LogP contribution in [0.15, 0.2) is 18.2 Å². The summed E-state index contributed by atoms with van der Waals surface area (Å²) in [6, 6.07) is 7.22. The summed E-state index contributed by atoms with van der Waals surface area (Å²) < 4.78 is 0. The number of hydrogen-bond donors (Lipinski definition) is 1. The number of benzene rings is 1. The maximum Gasteiger partial charge on any atom is 0.0294 e. The first-order chi connectivity index (χ1) is 8.66. The first-order valence-corrected chi connectivity index (χ1v) is 8.14. The van der Waals surface area contributed by atoms with Gasteiger partial charge in [0.25, 0.3) is 0 Å². The summed E-state index contributed by atoms with van der Waals surface area (Å²) in [5.41, 5.74) is 4.21. The van der Waals surface area contributed by atoms with Crippen LogP contribution in [-0.2, 0) is 0 Å². The molecular weight excluding hydrogens is 238 g/mol. The molecule has 0 amide bonds. The number of rotatable bonds is 4. The van der Waals surface area contributed by atoms with Gasteiger partial charge in [-0.3, -0.25) is 0 Å². The maximum atomic E-state index is 3.72. The van der Waals surface area contributed by atoms with Crippen LogP contribution < -0.4 is 5.32 Å². The minimum Gasteiger partial charge on any atom is -0.309 e. The van der Waals surface area contributed by atoms with Gasteiger partial charge in [-0.2, -0.15) is 11.8 Å². The average Bonchev–Trinajstić information content (AvgIpc) is 2.40. The van der Waals surface area contributed by atoms with Crippen LogP contribution >= 0.6 is 11.8 Å². The normalized spacial score (nSPS) is 21.8. The monoisotopic (exact) mass is 263 g/mol. The molecule has 1 aliphatic heterocycles. The van der Waals surface area contributed by atoms with Gasteiger partial charge in [0.15, 0.2) is 0 Å². The van der Waals surface area contributed by atoms with Crippen molar-refractivity contribution in [3.05, 3.63) is 34.9 Å². The summed E-state index contributed by atoms with van der Waals surface area (Å²) >= 11 is 2.15. The minimum atomic E-state index is 0.465. The summed E-state index contributed by atoms with van der Waals surface area (Å²) in [6.45, 7) is 7.82. The van der Waals surface area contributed by atoms with Crippen LogP contribution in [0.25, 0.3) is 0 Å². The van der Waals surface area contributed by atoms with Gasteiger partial charge < -0.3 is 5.32 Å². The molecule has 2 unspecified atom stereocenters. The fourth-order valence-electron chi connectivity index (χ4n) is 2.61. The molecule has 1 fully saturated rings. The molecule has 100 valence electrons. The second-order valence-electron chi connectivity index (χ2n) is 5.48. The highest BCUT2D eigenvalue weighted by Gasteiger charge is 2.15. The van der Waals surface area contributed by atoms with Gasteiger partial charge in [-0.25, -0.2) is 0 Å². The largest absolute Gasteiger partial charge is 0.309 e. The van der Waals surface area contributed by atoms with E-state index in [9.17, 15) is 0 Å². The van der Waals surface area contributed by atoms with Gasteiger partial charge in [-0.1, -0.05) is 30.2 Å². The number of hydrogen-bond acceptors (Lipinski definition) is 2. The molecular formula is C16H25NS. The summed E-state index contributed by atoms with van der Waals surface area (Å²) in [4.78, 5) is 0. The van der Waals surface area contributed by atoms with E-state index in [2.05, 4.69) is 56.0 Å². The van der Waals surface area contributed by atoms with E-state index in [1.807, 2.05) is 0 Å². The molecule has 2 rings (SSSR count). The highest BCUT2D eigenvalue weighted by Crippen LogP contribution is 2.25. The van der Waals surface area contributed by atoms with Gasteiger partial charge in [0.1, 0.15) is 0 Å². The predicted octanol–water partition coefficient (Wildman–Crippen LogP) is 4.24. The highest BCUT2D eigenvalue weighted by molar-refractivity contribution is 7.99. The molecule has 1 aliphatic rings. The molecule has 18 heavy (non-hydrogen) atoms. The first-order valence-electron chi connectivity index (χ1n) is 7.09. The van der Waals surface area contributed by atoms with Crippen molar-refractivity contribution < 1.29 is 0 Å². The molecule has 1 saturated heterocycles. The third kappa shape index (κ3) is 3.76. The van der Waals surface area contributed by atoms with Crippen molar-refractivity contribution in [2.45, 2.75) is 51.3 Å². The van der Waals surface area contributed by atoms with Crippen LogP contribution in [0.4, 0.5) is 0 Å². The second kappa shape index (κ2) is 6.63. The summed E-state index contributed by atoms with van der Waals surface area (Å²) in [5, 5.41) is 4.54. The Bertz CT molecular complexity index is 383. The molecule has 1 nitrogen and oxygen atoms in total. The van der Waals surface area contributed by atoms with E-state index in [4.69, 9.17) is 0 Å². The molecule has 0 aliphatic carbocycles. The van der Waals surface area contributed by atoms with Crippen molar-refractivity contribution in [1.29, 1.82) is 0 Å². The highest BCUT2D eigenvalue weighted by atomic mass is 32.2. The van der Waals surface area contributed by atoms with Gasteiger partial charge in [0.2, 0.25) is 0 Å². The zero-order valence-corrected chi connectivity index (χ0v) is 12.6. The van der Waals surface area contributed by atoms with E-state index in [-0.39, 0.29) is 0 Å². The predicted molar refractivity (Wildman–Crippen MR) is 82.4 cm³/mol. The van der Waals surface area contributed by atoms with E-state index in [1.165, 1.54) is 41.7 Å². The number of aryl methyl sites for hydroxylation is 2. The quantitative estimate of drug-likeness (QED) is 0.872. The zero-order chi connectivity index (χ0) is 13.0. The maximum absolute atomic E-state index is 3.72. The lowest BCUT2D eigenvalue weighted by molar-refractivity contribution is 0.537. The van der Waals surface area contributed by atoms with E-state index < -0.39 is 0 Å². The standard InChI is InChI=1S/C16H25NS/c1-12-7-8-13(2)16(10-12)14(3)17-11-15-6-4-5-9-18-15/h7-8,10,14-15,17H,4-6,9,11H2,1-3H3. The third-order valence-electron chi connectivity index (χ3n) is 3.83. The van der Waals surface area contributed by atoms with Crippen molar-refractivity contribution in [2.24, 2.45) is 0 Å². The van der Waals surface area contributed by atoms with Crippen molar-refractivity contribution in [2.75, 3.05) is 12.3 Å². The lowest BCUT2D eigenvalue weighted by Gasteiger charge is -2.24. The summed E-state index contributed by atoms with van der Waals surface area (Å²) in [6.07, 6.45) is 4.21. The zero-order valence-electron chi connectivity index (χ0n) is 11.8.